The number of likely N-dealkylation sites (tertiary alicyclic amines) is 1. The molecule has 1 saturated heterocycles. The predicted octanol–water partition coefficient (Wildman–Crippen LogP) is 3.50. The number of rotatable bonds is 3. The van der Waals surface area contributed by atoms with E-state index in [1.54, 1.807) is 5.57 Å². The first-order chi connectivity index (χ1) is 10.3. The van der Waals surface area contributed by atoms with Gasteiger partial charge in [0.25, 0.3) is 0 Å². The van der Waals surface area contributed by atoms with E-state index in [0.29, 0.717) is 11.6 Å². The Labute approximate surface area is 126 Å². The van der Waals surface area contributed by atoms with Crippen molar-refractivity contribution in [3.8, 4) is 0 Å². The van der Waals surface area contributed by atoms with E-state index in [-0.39, 0.29) is 5.97 Å². The molecule has 3 heteroatoms. The van der Waals surface area contributed by atoms with E-state index >= 15 is 0 Å². The van der Waals surface area contributed by atoms with Crippen molar-refractivity contribution < 1.29 is 9.53 Å². The van der Waals surface area contributed by atoms with Gasteiger partial charge in [0.15, 0.2) is 0 Å². The Hall–Kier alpha value is -1.61. The molecule has 1 unspecified atom stereocenters. The van der Waals surface area contributed by atoms with Gasteiger partial charge in [-0.05, 0) is 56.5 Å². The Kier molecular flexibility index (Phi) is 4.39. The van der Waals surface area contributed by atoms with E-state index in [0.717, 1.165) is 0 Å². The van der Waals surface area contributed by atoms with Gasteiger partial charge in [0.05, 0.1) is 12.7 Å². The van der Waals surface area contributed by atoms with Gasteiger partial charge in [-0.25, -0.2) is 4.79 Å². The normalized spacial score (nSPS) is 24.6. The van der Waals surface area contributed by atoms with Crippen molar-refractivity contribution in [2.45, 2.75) is 38.1 Å². The second-order valence-electron chi connectivity index (χ2n) is 5.98. The molecule has 1 heterocycles. The molecule has 1 aromatic carbocycles. The van der Waals surface area contributed by atoms with E-state index in [9.17, 15) is 4.79 Å². The number of carbonyl (C=O) groups excluding carboxylic acids is 1. The molecule has 1 aliphatic heterocycles. The van der Waals surface area contributed by atoms with Crippen molar-refractivity contribution >= 4 is 12.0 Å². The van der Waals surface area contributed by atoms with Crippen LogP contribution in [0.25, 0.3) is 6.08 Å². The third-order valence-corrected chi connectivity index (χ3v) is 4.64. The Bertz CT molecular complexity index is 529. The molecule has 1 aromatic rings. The van der Waals surface area contributed by atoms with Gasteiger partial charge in [-0.3, -0.25) is 4.90 Å². The first kappa shape index (κ1) is 14.3. The molecule has 1 saturated carbocycles. The molecule has 0 radical (unpaired) electrons. The molecule has 3 rings (SSSR count). The Morgan fingerprint density at radius 2 is 1.95 bits per heavy atom. The quantitative estimate of drug-likeness (QED) is 0.796. The van der Waals surface area contributed by atoms with Crippen molar-refractivity contribution in [3.63, 3.8) is 0 Å². The second-order valence-corrected chi connectivity index (χ2v) is 5.98. The smallest absolute Gasteiger partial charge is 0.337 e. The average Bonchev–Trinajstić information content (AvgIpc) is 2.47. The lowest BCUT2D eigenvalue weighted by atomic mass is 9.86. The van der Waals surface area contributed by atoms with Gasteiger partial charge in [0, 0.05) is 6.04 Å². The average molecular weight is 285 g/mol. The highest BCUT2D eigenvalue weighted by Crippen LogP contribution is 2.31. The summed E-state index contributed by atoms with van der Waals surface area (Å²) in [6, 6.07) is 8.37. The van der Waals surface area contributed by atoms with Crippen LogP contribution in [0.2, 0.25) is 0 Å². The summed E-state index contributed by atoms with van der Waals surface area (Å²) in [6.07, 6.45) is 8.82. The second kappa shape index (κ2) is 6.44. The summed E-state index contributed by atoms with van der Waals surface area (Å²) < 4.78 is 4.74. The zero-order chi connectivity index (χ0) is 14.7. The summed E-state index contributed by atoms with van der Waals surface area (Å²) in [6.45, 7) is 2.51. The number of hydrogen-bond donors (Lipinski definition) is 0. The third kappa shape index (κ3) is 3.18. The minimum Gasteiger partial charge on any atom is -0.465 e. The van der Waals surface area contributed by atoms with E-state index in [1.807, 2.05) is 24.3 Å². The number of hydrogen-bond acceptors (Lipinski definition) is 3. The van der Waals surface area contributed by atoms with Crippen LogP contribution in [-0.2, 0) is 4.74 Å². The zero-order valence-corrected chi connectivity index (χ0v) is 12.7. The Balaban J connectivity index is 1.77. The standard InChI is InChI=1S/C18H23NO2/c1-21-18(20)15-9-7-14(8-10-15)13-16-5-2-3-6-17(16)19-11-4-12-19/h7-10,13,17H,2-6,11-12H2,1H3. The number of esters is 1. The minimum atomic E-state index is -0.273. The van der Waals surface area contributed by atoms with E-state index in [4.69, 9.17) is 4.74 Å². The number of benzene rings is 1. The third-order valence-electron chi connectivity index (χ3n) is 4.64. The molecule has 1 atom stereocenters. The predicted molar refractivity (Wildman–Crippen MR) is 84.2 cm³/mol. The molecule has 1 aliphatic carbocycles. The van der Waals surface area contributed by atoms with Crippen LogP contribution in [0.15, 0.2) is 29.8 Å². The van der Waals surface area contributed by atoms with Gasteiger partial charge >= 0.3 is 5.97 Å². The van der Waals surface area contributed by atoms with Gasteiger partial charge in [-0.15, -0.1) is 0 Å². The van der Waals surface area contributed by atoms with Crippen LogP contribution in [0.3, 0.4) is 0 Å². The van der Waals surface area contributed by atoms with Crippen molar-refractivity contribution in [1.82, 2.24) is 4.90 Å². The number of methoxy groups -OCH3 is 1. The van der Waals surface area contributed by atoms with Crippen LogP contribution in [0.4, 0.5) is 0 Å². The molecule has 0 N–H and O–H groups in total. The fourth-order valence-electron chi connectivity index (χ4n) is 3.30. The highest BCUT2D eigenvalue weighted by atomic mass is 16.5. The molecular weight excluding hydrogens is 262 g/mol. The van der Waals surface area contributed by atoms with Gasteiger partial charge < -0.3 is 4.74 Å². The molecule has 112 valence electrons. The Morgan fingerprint density at radius 1 is 1.19 bits per heavy atom. The van der Waals surface area contributed by atoms with Gasteiger partial charge in [0.1, 0.15) is 0 Å². The van der Waals surface area contributed by atoms with Crippen LogP contribution in [0.5, 0.6) is 0 Å². The number of ether oxygens (including phenoxy) is 1. The Morgan fingerprint density at radius 3 is 2.57 bits per heavy atom. The van der Waals surface area contributed by atoms with Gasteiger partial charge in [0.2, 0.25) is 0 Å². The van der Waals surface area contributed by atoms with Crippen LogP contribution >= 0.6 is 0 Å². The lowest BCUT2D eigenvalue weighted by molar-refractivity contribution is 0.0600. The van der Waals surface area contributed by atoms with Crippen LogP contribution < -0.4 is 0 Å². The molecule has 0 spiro atoms. The van der Waals surface area contributed by atoms with Crippen molar-refractivity contribution in [1.29, 1.82) is 0 Å². The topological polar surface area (TPSA) is 29.5 Å². The highest BCUT2D eigenvalue weighted by Gasteiger charge is 2.28. The van der Waals surface area contributed by atoms with Crippen LogP contribution in [-0.4, -0.2) is 37.1 Å². The largest absolute Gasteiger partial charge is 0.465 e. The van der Waals surface area contributed by atoms with E-state index < -0.39 is 0 Å². The summed E-state index contributed by atoms with van der Waals surface area (Å²) >= 11 is 0. The monoisotopic (exact) mass is 285 g/mol. The summed E-state index contributed by atoms with van der Waals surface area (Å²) in [5.74, 6) is -0.273. The van der Waals surface area contributed by atoms with Crippen LogP contribution in [0.1, 0.15) is 48.0 Å². The van der Waals surface area contributed by atoms with Crippen LogP contribution in [0, 0.1) is 0 Å². The molecular formula is C18H23NO2. The fraction of sp³-hybridized carbons (Fsp3) is 0.500. The molecule has 21 heavy (non-hydrogen) atoms. The maximum absolute atomic E-state index is 11.5. The van der Waals surface area contributed by atoms with E-state index in [2.05, 4.69) is 11.0 Å². The lowest BCUT2D eigenvalue weighted by Gasteiger charge is -2.42. The molecule has 0 bridgehead atoms. The van der Waals surface area contributed by atoms with Gasteiger partial charge in [-0.2, -0.15) is 0 Å². The first-order valence-electron chi connectivity index (χ1n) is 7.91. The first-order valence-corrected chi connectivity index (χ1v) is 7.91. The summed E-state index contributed by atoms with van der Waals surface area (Å²) in [7, 11) is 1.41. The van der Waals surface area contributed by atoms with Crippen molar-refractivity contribution in [3.05, 3.63) is 41.0 Å². The summed E-state index contributed by atoms with van der Waals surface area (Å²) in [4.78, 5) is 14.1. The van der Waals surface area contributed by atoms with Gasteiger partial charge in [-0.1, -0.05) is 30.2 Å². The molecule has 0 amide bonds. The maximum atomic E-state index is 11.5. The molecule has 2 fully saturated rings. The molecule has 0 aromatic heterocycles. The maximum Gasteiger partial charge on any atom is 0.337 e. The van der Waals surface area contributed by atoms with Crippen molar-refractivity contribution in [2.24, 2.45) is 0 Å². The fourth-order valence-corrected chi connectivity index (χ4v) is 3.30. The molecule has 2 aliphatic rings. The number of carbonyl (C=O) groups is 1. The summed E-state index contributed by atoms with van der Waals surface area (Å²) in [5, 5.41) is 0. The SMILES string of the molecule is COC(=O)c1ccc(C=C2CCCCC2N2CCC2)cc1. The molecule has 3 nitrogen and oxygen atoms in total. The van der Waals surface area contributed by atoms with E-state index in [1.165, 1.54) is 57.9 Å². The lowest BCUT2D eigenvalue weighted by Crippen LogP contribution is -2.46. The minimum absolute atomic E-state index is 0.273. The summed E-state index contributed by atoms with van der Waals surface area (Å²) in [5.41, 5.74) is 3.36. The van der Waals surface area contributed by atoms with Crippen molar-refractivity contribution in [2.75, 3.05) is 20.2 Å². The number of nitrogens with zero attached hydrogens (tertiary/aromatic N) is 1. The zero-order valence-electron chi connectivity index (χ0n) is 12.7. The highest BCUT2D eigenvalue weighted by molar-refractivity contribution is 5.89.